The first kappa shape index (κ1) is 16.3. The third-order valence-corrected chi connectivity index (χ3v) is 3.96. The number of aromatic nitrogens is 1. The minimum Gasteiger partial charge on any atom is -0.453 e. The van der Waals surface area contributed by atoms with Crippen LogP contribution in [0, 0.1) is 13.8 Å². The van der Waals surface area contributed by atoms with Crippen LogP contribution in [0.4, 0.5) is 0 Å². The number of aryl methyl sites for hydroxylation is 1. The molecule has 1 unspecified atom stereocenters. The van der Waals surface area contributed by atoms with Gasteiger partial charge in [0, 0.05) is 21.8 Å². The van der Waals surface area contributed by atoms with Gasteiger partial charge in [-0.2, -0.15) is 0 Å². The van der Waals surface area contributed by atoms with Crippen molar-refractivity contribution in [1.29, 1.82) is 0 Å². The quantitative estimate of drug-likeness (QED) is 0.671. The van der Waals surface area contributed by atoms with Crippen molar-refractivity contribution in [2.75, 3.05) is 0 Å². The van der Waals surface area contributed by atoms with Crippen LogP contribution in [0.1, 0.15) is 57.6 Å². The molecular formula is C17H18ClNO3. The molecule has 22 heavy (non-hydrogen) atoms. The number of carbonyl (C=O) groups excluding carboxylic acids is 2. The molecule has 0 radical (unpaired) electrons. The summed E-state index contributed by atoms with van der Waals surface area (Å²) < 4.78 is 5.47. The fourth-order valence-corrected chi connectivity index (χ4v) is 2.86. The average molecular weight is 320 g/mol. The lowest BCUT2D eigenvalue weighted by molar-refractivity contribution is 0.0331. The van der Waals surface area contributed by atoms with Gasteiger partial charge in [0.1, 0.15) is 11.8 Å². The third kappa shape index (κ3) is 3.07. The predicted octanol–water partition coefficient (Wildman–Crippen LogP) is 4.41. The molecule has 0 amide bonds. The molecule has 0 aliphatic heterocycles. The standard InChI is InChI=1S/C17H18ClNO3/c1-9-15(11(3)20)10(2)19-16(9)17(21)22-12(4)13-7-5-6-8-14(13)18/h5-8,12,19H,1-4H3. The van der Waals surface area contributed by atoms with Crippen molar-refractivity contribution in [3.8, 4) is 0 Å². The van der Waals surface area contributed by atoms with Gasteiger partial charge in [-0.25, -0.2) is 4.79 Å². The van der Waals surface area contributed by atoms with E-state index in [0.29, 0.717) is 27.5 Å². The van der Waals surface area contributed by atoms with Gasteiger partial charge in [-0.05, 0) is 39.3 Å². The Bertz CT molecular complexity index is 734. The summed E-state index contributed by atoms with van der Waals surface area (Å²) >= 11 is 6.11. The summed E-state index contributed by atoms with van der Waals surface area (Å²) in [6.45, 7) is 6.73. The molecule has 0 saturated heterocycles. The molecule has 1 atom stereocenters. The Morgan fingerprint density at radius 3 is 2.41 bits per heavy atom. The molecule has 1 aromatic heterocycles. The number of rotatable bonds is 4. The van der Waals surface area contributed by atoms with E-state index in [2.05, 4.69) is 4.98 Å². The van der Waals surface area contributed by atoms with Crippen LogP contribution in [0.15, 0.2) is 24.3 Å². The molecule has 2 aromatic rings. The van der Waals surface area contributed by atoms with Crippen LogP contribution >= 0.6 is 11.6 Å². The van der Waals surface area contributed by atoms with Gasteiger partial charge in [0.25, 0.3) is 0 Å². The van der Waals surface area contributed by atoms with Gasteiger partial charge in [-0.15, -0.1) is 0 Å². The number of ketones is 1. The Morgan fingerprint density at radius 2 is 1.86 bits per heavy atom. The number of nitrogens with one attached hydrogen (secondary N) is 1. The highest BCUT2D eigenvalue weighted by molar-refractivity contribution is 6.31. The van der Waals surface area contributed by atoms with Gasteiger partial charge in [-0.3, -0.25) is 4.79 Å². The maximum atomic E-state index is 12.3. The van der Waals surface area contributed by atoms with Gasteiger partial charge in [0.15, 0.2) is 5.78 Å². The molecule has 0 aliphatic carbocycles. The number of hydrogen-bond acceptors (Lipinski definition) is 3. The highest BCUT2D eigenvalue weighted by Gasteiger charge is 2.23. The summed E-state index contributed by atoms with van der Waals surface area (Å²) in [6, 6.07) is 7.22. The Morgan fingerprint density at radius 1 is 1.23 bits per heavy atom. The van der Waals surface area contributed by atoms with E-state index >= 15 is 0 Å². The molecule has 0 fully saturated rings. The molecular weight excluding hydrogens is 302 g/mol. The van der Waals surface area contributed by atoms with Gasteiger partial charge in [0.05, 0.1) is 0 Å². The minimum absolute atomic E-state index is 0.0792. The smallest absolute Gasteiger partial charge is 0.355 e. The van der Waals surface area contributed by atoms with E-state index in [1.165, 1.54) is 6.92 Å². The van der Waals surface area contributed by atoms with E-state index < -0.39 is 12.1 Å². The Kier molecular flexibility index (Phi) is 4.71. The first-order valence-corrected chi connectivity index (χ1v) is 7.36. The van der Waals surface area contributed by atoms with E-state index in [1.54, 1.807) is 26.8 Å². The van der Waals surface area contributed by atoms with Crippen LogP contribution in [-0.2, 0) is 4.74 Å². The topological polar surface area (TPSA) is 59.2 Å². The first-order chi connectivity index (χ1) is 10.3. The second kappa shape index (κ2) is 6.36. The summed E-state index contributed by atoms with van der Waals surface area (Å²) in [5.41, 5.74) is 2.87. The summed E-state index contributed by atoms with van der Waals surface area (Å²) in [5, 5.41) is 0.548. The number of esters is 1. The van der Waals surface area contributed by atoms with E-state index in [1.807, 2.05) is 18.2 Å². The van der Waals surface area contributed by atoms with Crippen LogP contribution in [0.3, 0.4) is 0 Å². The normalized spacial score (nSPS) is 12.0. The average Bonchev–Trinajstić information content (AvgIpc) is 2.74. The maximum Gasteiger partial charge on any atom is 0.355 e. The van der Waals surface area contributed by atoms with Crippen LogP contribution < -0.4 is 0 Å². The van der Waals surface area contributed by atoms with Crippen LogP contribution in [-0.4, -0.2) is 16.7 Å². The lowest BCUT2D eigenvalue weighted by Gasteiger charge is -2.14. The maximum absolute atomic E-state index is 12.3. The molecule has 0 bridgehead atoms. The number of carbonyl (C=O) groups is 2. The number of benzene rings is 1. The molecule has 5 heteroatoms. The second-order valence-electron chi connectivity index (χ2n) is 5.25. The third-order valence-electron chi connectivity index (χ3n) is 3.62. The Balaban J connectivity index is 2.25. The highest BCUT2D eigenvalue weighted by Crippen LogP contribution is 2.27. The van der Waals surface area contributed by atoms with Crippen molar-refractivity contribution in [2.45, 2.75) is 33.8 Å². The monoisotopic (exact) mass is 319 g/mol. The van der Waals surface area contributed by atoms with Crippen LogP contribution in [0.5, 0.6) is 0 Å². The predicted molar refractivity (Wildman–Crippen MR) is 85.6 cm³/mol. The van der Waals surface area contributed by atoms with Crippen LogP contribution in [0.2, 0.25) is 5.02 Å². The summed E-state index contributed by atoms with van der Waals surface area (Å²) in [7, 11) is 0. The lowest BCUT2D eigenvalue weighted by atomic mass is 10.1. The lowest BCUT2D eigenvalue weighted by Crippen LogP contribution is -2.11. The molecule has 0 spiro atoms. The number of Topliss-reactive ketones (excluding diaryl/α,β-unsaturated/α-hetero) is 1. The van der Waals surface area contributed by atoms with Crippen LogP contribution in [0.25, 0.3) is 0 Å². The zero-order chi connectivity index (χ0) is 16.4. The second-order valence-corrected chi connectivity index (χ2v) is 5.66. The zero-order valence-corrected chi connectivity index (χ0v) is 13.7. The fraction of sp³-hybridized carbons (Fsp3) is 0.294. The van der Waals surface area contributed by atoms with E-state index in [0.717, 1.165) is 5.56 Å². The molecule has 0 aliphatic rings. The van der Waals surface area contributed by atoms with E-state index in [-0.39, 0.29) is 5.78 Å². The fourth-order valence-electron chi connectivity index (χ4n) is 2.57. The molecule has 116 valence electrons. The van der Waals surface area contributed by atoms with Gasteiger partial charge < -0.3 is 9.72 Å². The Labute approximate surface area is 134 Å². The largest absolute Gasteiger partial charge is 0.453 e. The molecule has 1 aromatic carbocycles. The van der Waals surface area contributed by atoms with Crippen molar-refractivity contribution in [2.24, 2.45) is 0 Å². The van der Waals surface area contributed by atoms with Crippen molar-refractivity contribution >= 4 is 23.4 Å². The first-order valence-electron chi connectivity index (χ1n) is 6.98. The minimum atomic E-state index is -0.500. The molecule has 4 nitrogen and oxygen atoms in total. The summed E-state index contributed by atoms with van der Waals surface area (Å²) in [4.78, 5) is 26.9. The van der Waals surface area contributed by atoms with E-state index in [9.17, 15) is 9.59 Å². The van der Waals surface area contributed by atoms with Gasteiger partial charge >= 0.3 is 5.97 Å². The van der Waals surface area contributed by atoms with Crippen molar-refractivity contribution in [3.63, 3.8) is 0 Å². The van der Waals surface area contributed by atoms with Gasteiger partial charge in [-0.1, -0.05) is 29.8 Å². The van der Waals surface area contributed by atoms with Crippen molar-refractivity contribution in [1.82, 2.24) is 4.98 Å². The highest BCUT2D eigenvalue weighted by atomic mass is 35.5. The van der Waals surface area contributed by atoms with Crippen molar-refractivity contribution in [3.05, 3.63) is 57.4 Å². The molecule has 2 rings (SSSR count). The Hall–Kier alpha value is -2.07. The number of aromatic amines is 1. The van der Waals surface area contributed by atoms with Crippen molar-refractivity contribution < 1.29 is 14.3 Å². The van der Waals surface area contributed by atoms with Gasteiger partial charge in [0.2, 0.25) is 0 Å². The summed E-state index contributed by atoms with van der Waals surface area (Å²) in [6.07, 6.45) is -0.481. The SMILES string of the molecule is CC(=O)c1c(C)[nH]c(C(=O)OC(C)c2ccccc2Cl)c1C. The number of ether oxygens (including phenoxy) is 1. The summed E-state index contributed by atoms with van der Waals surface area (Å²) in [5.74, 6) is -0.579. The number of H-pyrrole nitrogens is 1. The molecule has 1 heterocycles. The zero-order valence-electron chi connectivity index (χ0n) is 13.0. The number of hydrogen-bond donors (Lipinski definition) is 1. The van der Waals surface area contributed by atoms with E-state index in [4.69, 9.17) is 16.3 Å². The number of halogens is 1. The molecule has 1 N–H and O–H groups in total. The molecule has 0 saturated carbocycles.